The van der Waals surface area contributed by atoms with E-state index in [2.05, 4.69) is 15.1 Å². The van der Waals surface area contributed by atoms with Crippen LogP contribution in [0.15, 0.2) is 36.4 Å². The van der Waals surface area contributed by atoms with Crippen molar-refractivity contribution >= 4 is 69.5 Å². The fourth-order valence-corrected chi connectivity index (χ4v) is 3.93. The van der Waals surface area contributed by atoms with E-state index in [9.17, 15) is 4.79 Å². The number of nitrogens with one attached hydrogen (secondary N) is 1. The van der Waals surface area contributed by atoms with Crippen molar-refractivity contribution in [1.29, 1.82) is 0 Å². The van der Waals surface area contributed by atoms with Gasteiger partial charge in [-0.2, -0.15) is 0 Å². The average Bonchev–Trinajstić information content (AvgIpc) is 2.60. The molecule has 0 bridgehead atoms. The Morgan fingerprint density at radius 3 is 2.19 bits per heavy atom. The van der Waals surface area contributed by atoms with Crippen LogP contribution in [0.3, 0.4) is 0 Å². The standard InChI is InChI=1S/C18H16Cl3N3O2S/c19-11-7-12(20)9-14(8-11)23-3-5-24(6-4-23)18(27)22-13-1-2-15(17(25)26)16(21)10-13/h1-2,7-10H,3-6H2,(H,22,27)(H,25,26). The molecular formula is C18H16Cl3N3O2S. The van der Waals surface area contributed by atoms with E-state index in [-0.39, 0.29) is 10.6 Å². The smallest absolute Gasteiger partial charge is 0.337 e. The average molecular weight is 445 g/mol. The van der Waals surface area contributed by atoms with Crippen LogP contribution in [0.1, 0.15) is 10.4 Å². The summed E-state index contributed by atoms with van der Waals surface area (Å²) in [5, 5.41) is 14.1. The Balaban J connectivity index is 1.60. The molecule has 1 aliphatic rings. The summed E-state index contributed by atoms with van der Waals surface area (Å²) in [5.74, 6) is -1.06. The number of carboxylic acids is 1. The summed E-state index contributed by atoms with van der Waals surface area (Å²) in [7, 11) is 0. The van der Waals surface area contributed by atoms with Gasteiger partial charge in [-0.05, 0) is 48.6 Å². The molecule has 1 fully saturated rings. The topological polar surface area (TPSA) is 55.8 Å². The van der Waals surface area contributed by atoms with Gasteiger partial charge in [-0.15, -0.1) is 0 Å². The monoisotopic (exact) mass is 443 g/mol. The second-order valence-corrected chi connectivity index (χ2v) is 7.70. The number of carbonyl (C=O) groups is 1. The lowest BCUT2D eigenvalue weighted by atomic mass is 10.2. The highest BCUT2D eigenvalue weighted by atomic mass is 35.5. The van der Waals surface area contributed by atoms with Crippen LogP contribution >= 0.6 is 47.0 Å². The van der Waals surface area contributed by atoms with Gasteiger partial charge in [0.2, 0.25) is 0 Å². The second-order valence-electron chi connectivity index (χ2n) is 6.03. The predicted octanol–water partition coefficient (Wildman–Crippen LogP) is 4.86. The van der Waals surface area contributed by atoms with E-state index in [1.54, 1.807) is 18.2 Å². The summed E-state index contributed by atoms with van der Waals surface area (Å²) in [6, 6.07) is 10.2. The molecule has 0 aliphatic carbocycles. The lowest BCUT2D eigenvalue weighted by Crippen LogP contribution is -2.50. The molecule has 1 heterocycles. The molecule has 1 saturated heterocycles. The van der Waals surface area contributed by atoms with E-state index in [1.165, 1.54) is 6.07 Å². The first-order chi connectivity index (χ1) is 12.8. The first-order valence-corrected chi connectivity index (χ1v) is 9.67. The molecule has 142 valence electrons. The summed E-state index contributed by atoms with van der Waals surface area (Å²) in [4.78, 5) is 15.3. The SMILES string of the molecule is O=C(O)c1ccc(NC(=S)N2CCN(c3cc(Cl)cc(Cl)c3)CC2)cc1Cl. The number of hydrogen-bond acceptors (Lipinski definition) is 3. The number of hydrogen-bond donors (Lipinski definition) is 2. The van der Waals surface area contributed by atoms with Crippen LogP contribution in [0.25, 0.3) is 0 Å². The summed E-state index contributed by atoms with van der Waals surface area (Å²) in [6.07, 6.45) is 0. The fourth-order valence-electron chi connectivity index (χ4n) is 2.86. The molecule has 9 heteroatoms. The Hall–Kier alpha value is -1.73. The number of thiocarbonyl (C=S) groups is 1. The number of halogens is 3. The zero-order valence-electron chi connectivity index (χ0n) is 14.1. The molecule has 1 aliphatic heterocycles. The van der Waals surface area contributed by atoms with Gasteiger partial charge in [0.15, 0.2) is 5.11 Å². The molecule has 0 aromatic heterocycles. The van der Waals surface area contributed by atoms with Gasteiger partial charge in [-0.3, -0.25) is 0 Å². The van der Waals surface area contributed by atoms with Crippen LogP contribution in [-0.2, 0) is 0 Å². The minimum absolute atomic E-state index is 0.0573. The quantitative estimate of drug-likeness (QED) is 0.659. The van der Waals surface area contributed by atoms with Crippen LogP contribution in [-0.4, -0.2) is 47.3 Å². The number of anilines is 2. The van der Waals surface area contributed by atoms with Crippen molar-refractivity contribution in [3.8, 4) is 0 Å². The van der Waals surface area contributed by atoms with Crippen molar-refractivity contribution in [3.05, 3.63) is 57.0 Å². The van der Waals surface area contributed by atoms with Gasteiger partial charge < -0.3 is 20.2 Å². The maximum atomic E-state index is 11.0. The van der Waals surface area contributed by atoms with Gasteiger partial charge >= 0.3 is 5.97 Å². The van der Waals surface area contributed by atoms with Gasteiger partial charge in [0, 0.05) is 47.6 Å². The van der Waals surface area contributed by atoms with Gasteiger partial charge in [0.1, 0.15) is 0 Å². The first kappa shape index (κ1) is 20.0. The number of carboxylic acid groups (broad SMARTS) is 1. The number of rotatable bonds is 3. The third-order valence-electron chi connectivity index (χ3n) is 4.23. The van der Waals surface area contributed by atoms with Crippen LogP contribution in [0.4, 0.5) is 11.4 Å². The molecule has 2 aromatic carbocycles. The van der Waals surface area contributed by atoms with Crippen LogP contribution < -0.4 is 10.2 Å². The Labute approximate surface area is 177 Å². The van der Waals surface area contributed by atoms with Crippen LogP contribution in [0.2, 0.25) is 15.1 Å². The fraction of sp³-hybridized carbons (Fsp3) is 0.222. The maximum absolute atomic E-state index is 11.0. The van der Waals surface area contributed by atoms with E-state index >= 15 is 0 Å². The number of benzene rings is 2. The molecule has 5 nitrogen and oxygen atoms in total. The van der Waals surface area contributed by atoms with Crippen molar-refractivity contribution in [2.75, 3.05) is 36.4 Å². The molecule has 3 rings (SSSR count). The minimum atomic E-state index is -1.06. The molecule has 2 aromatic rings. The van der Waals surface area contributed by atoms with Crippen LogP contribution in [0.5, 0.6) is 0 Å². The molecule has 0 saturated carbocycles. The summed E-state index contributed by atoms with van der Waals surface area (Å²) < 4.78 is 0. The van der Waals surface area contributed by atoms with Crippen molar-refractivity contribution in [2.45, 2.75) is 0 Å². The first-order valence-electron chi connectivity index (χ1n) is 8.13. The molecule has 0 radical (unpaired) electrons. The van der Waals surface area contributed by atoms with Crippen molar-refractivity contribution in [3.63, 3.8) is 0 Å². The normalized spacial score (nSPS) is 14.2. The minimum Gasteiger partial charge on any atom is -0.478 e. The highest BCUT2D eigenvalue weighted by Crippen LogP contribution is 2.26. The van der Waals surface area contributed by atoms with E-state index < -0.39 is 5.97 Å². The zero-order valence-corrected chi connectivity index (χ0v) is 17.2. The third-order valence-corrected chi connectivity index (χ3v) is 5.34. The molecule has 0 amide bonds. The van der Waals surface area contributed by atoms with E-state index in [4.69, 9.17) is 52.1 Å². The molecular weight excluding hydrogens is 429 g/mol. The van der Waals surface area contributed by atoms with Gasteiger partial charge in [0.25, 0.3) is 0 Å². The Bertz CT molecular complexity index is 866. The summed E-state index contributed by atoms with van der Waals surface area (Å²) in [5.41, 5.74) is 1.70. The second kappa shape index (κ2) is 8.52. The molecule has 0 spiro atoms. The zero-order chi connectivity index (χ0) is 19.6. The summed E-state index contributed by atoms with van der Waals surface area (Å²) in [6.45, 7) is 3.02. The largest absolute Gasteiger partial charge is 0.478 e. The van der Waals surface area contributed by atoms with E-state index in [0.29, 0.717) is 20.8 Å². The molecule has 27 heavy (non-hydrogen) atoms. The van der Waals surface area contributed by atoms with E-state index in [1.807, 2.05) is 12.1 Å². The highest BCUT2D eigenvalue weighted by Gasteiger charge is 2.20. The Morgan fingerprint density at radius 2 is 1.63 bits per heavy atom. The van der Waals surface area contributed by atoms with Crippen LogP contribution in [0, 0.1) is 0 Å². The third kappa shape index (κ3) is 4.96. The Kier molecular flexibility index (Phi) is 6.32. The van der Waals surface area contributed by atoms with Crippen molar-refractivity contribution in [1.82, 2.24) is 4.90 Å². The highest BCUT2D eigenvalue weighted by molar-refractivity contribution is 7.80. The lowest BCUT2D eigenvalue weighted by molar-refractivity contribution is 0.0697. The lowest BCUT2D eigenvalue weighted by Gasteiger charge is -2.37. The molecule has 0 unspecified atom stereocenters. The van der Waals surface area contributed by atoms with Crippen molar-refractivity contribution < 1.29 is 9.90 Å². The van der Waals surface area contributed by atoms with E-state index in [0.717, 1.165) is 31.9 Å². The number of piperazine rings is 1. The number of aromatic carboxylic acids is 1. The molecule has 0 atom stereocenters. The maximum Gasteiger partial charge on any atom is 0.337 e. The van der Waals surface area contributed by atoms with Crippen molar-refractivity contribution in [2.24, 2.45) is 0 Å². The number of nitrogens with zero attached hydrogens (tertiary/aromatic N) is 2. The molecule has 2 N–H and O–H groups in total. The Morgan fingerprint density at radius 1 is 1.00 bits per heavy atom. The van der Waals surface area contributed by atoms with Gasteiger partial charge in [0.05, 0.1) is 10.6 Å². The predicted molar refractivity (Wildman–Crippen MR) is 115 cm³/mol. The summed E-state index contributed by atoms with van der Waals surface area (Å²) >= 11 is 23.6. The van der Waals surface area contributed by atoms with Gasteiger partial charge in [-0.25, -0.2) is 4.79 Å². The van der Waals surface area contributed by atoms with Gasteiger partial charge in [-0.1, -0.05) is 34.8 Å².